The summed E-state index contributed by atoms with van der Waals surface area (Å²) in [6.45, 7) is 14.9. The molecule has 0 saturated carbocycles. The predicted octanol–water partition coefficient (Wildman–Crippen LogP) is 4.44. The van der Waals surface area contributed by atoms with E-state index in [0.29, 0.717) is 99.1 Å². The SMILES string of the molecule is CCCCCCCCCCCOCC(C)OCC(C)OCCOCCOCCOCCOCCOCCOCCO. The first kappa shape index (κ1) is 40.6. The molecular weight excluding hydrogens is 532 g/mol. The fraction of sp³-hybridized carbons (Fsp3) is 1.00. The molecule has 0 aromatic carbocycles. The first-order chi connectivity index (χ1) is 20.2. The van der Waals surface area contributed by atoms with E-state index >= 15 is 0 Å². The molecule has 0 aliphatic rings. The molecule has 0 aliphatic heterocycles. The van der Waals surface area contributed by atoms with Crippen molar-refractivity contribution in [2.75, 3.05) is 112 Å². The molecule has 0 bridgehead atoms. The standard InChI is InChI=1S/C31H64O10/c1-4-5-6-7-8-9-10-11-12-14-39-28-30(2)41-29-31(3)40-27-26-38-25-24-37-23-22-36-21-20-35-19-18-34-17-16-33-15-13-32/h30-32H,4-29H2,1-3H3. The third-order valence-corrected chi connectivity index (χ3v) is 6.09. The monoisotopic (exact) mass is 596 g/mol. The van der Waals surface area contributed by atoms with Crippen LogP contribution in [0.4, 0.5) is 0 Å². The molecule has 2 unspecified atom stereocenters. The van der Waals surface area contributed by atoms with Gasteiger partial charge in [0.2, 0.25) is 0 Å². The molecule has 0 aromatic heterocycles. The molecule has 0 fully saturated rings. The van der Waals surface area contributed by atoms with E-state index < -0.39 is 0 Å². The number of aliphatic hydroxyl groups is 1. The van der Waals surface area contributed by atoms with Crippen molar-refractivity contribution in [3.63, 3.8) is 0 Å². The summed E-state index contributed by atoms with van der Waals surface area (Å²) in [5.41, 5.74) is 0. The average molecular weight is 597 g/mol. The van der Waals surface area contributed by atoms with Crippen LogP contribution in [0.2, 0.25) is 0 Å². The summed E-state index contributed by atoms with van der Waals surface area (Å²) >= 11 is 0. The van der Waals surface area contributed by atoms with Crippen LogP contribution in [0.3, 0.4) is 0 Å². The molecule has 10 heteroatoms. The van der Waals surface area contributed by atoms with Crippen LogP contribution in [0, 0.1) is 0 Å². The summed E-state index contributed by atoms with van der Waals surface area (Å²) in [6, 6.07) is 0. The Morgan fingerprint density at radius 3 is 1.24 bits per heavy atom. The van der Waals surface area contributed by atoms with Crippen LogP contribution in [0.25, 0.3) is 0 Å². The fourth-order valence-electron chi connectivity index (χ4n) is 3.73. The molecule has 0 radical (unpaired) electrons. The van der Waals surface area contributed by atoms with Crippen LogP contribution in [-0.2, 0) is 42.6 Å². The number of unbranched alkanes of at least 4 members (excludes halogenated alkanes) is 8. The second kappa shape index (κ2) is 35.8. The first-order valence-electron chi connectivity index (χ1n) is 16.1. The highest BCUT2D eigenvalue weighted by atomic mass is 16.6. The molecule has 2 atom stereocenters. The van der Waals surface area contributed by atoms with E-state index in [1.54, 1.807) is 0 Å². The lowest BCUT2D eigenvalue weighted by atomic mass is 10.1. The van der Waals surface area contributed by atoms with Crippen molar-refractivity contribution in [1.82, 2.24) is 0 Å². The average Bonchev–Trinajstić information content (AvgIpc) is 2.97. The molecule has 0 amide bonds. The Kier molecular flexibility index (Phi) is 35.4. The summed E-state index contributed by atoms with van der Waals surface area (Å²) in [4.78, 5) is 0. The van der Waals surface area contributed by atoms with Crippen LogP contribution in [-0.4, -0.2) is 130 Å². The normalized spacial score (nSPS) is 13.2. The Bertz CT molecular complexity index is 472. The zero-order valence-corrected chi connectivity index (χ0v) is 26.7. The van der Waals surface area contributed by atoms with E-state index in [4.69, 9.17) is 47.7 Å². The van der Waals surface area contributed by atoms with Gasteiger partial charge in [-0.15, -0.1) is 0 Å². The van der Waals surface area contributed by atoms with Crippen molar-refractivity contribution in [3.8, 4) is 0 Å². The third-order valence-electron chi connectivity index (χ3n) is 6.09. The second-order valence-electron chi connectivity index (χ2n) is 10.1. The Hall–Kier alpha value is -0.400. The van der Waals surface area contributed by atoms with Gasteiger partial charge in [-0.25, -0.2) is 0 Å². The first-order valence-corrected chi connectivity index (χ1v) is 16.1. The molecule has 248 valence electrons. The molecule has 0 heterocycles. The van der Waals surface area contributed by atoms with Crippen molar-refractivity contribution < 1.29 is 47.7 Å². The van der Waals surface area contributed by atoms with Crippen molar-refractivity contribution >= 4 is 0 Å². The van der Waals surface area contributed by atoms with Gasteiger partial charge in [-0.05, 0) is 20.3 Å². The van der Waals surface area contributed by atoms with Crippen molar-refractivity contribution in [3.05, 3.63) is 0 Å². The van der Waals surface area contributed by atoms with Crippen LogP contribution in [0.15, 0.2) is 0 Å². The van der Waals surface area contributed by atoms with Crippen molar-refractivity contribution in [2.24, 2.45) is 0 Å². The van der Waals surface area contributed by atoms with E-state index in [1.807, 2.05) is 13.8 Å². The summed E-state index contributed by atoms with van der Waals surface area (Å²) in [6.07, 6.45) is 12.0. The molecule has 0 aliphatic carbocycles. The van der Waals surface area contributed by atoms with E-state index in [2.05, 4.69) is 6.92 Å². The van der Waals surface area contributed by atoms with Crippen LogP contribution >= 0.6 is 0 Å². The molecular formula is C31H64O10. The second-order valence-corrected chi connectivity index (χ2v) is 10.1. The lowest BCUT2D eigenvalue weighted by Gasteiger charge is -2.18. The maximum atomic E-state index is 8.58. The van der Waals surface area contributed by atoms with Gasteiger partial charge >= 0.3 is 0 Å². The van der Waals surface area contributed by atoms with Gasteiger partial charge in [-0.1, -0.05) is 58.3 Å². The summed E-state index contributed by atoms with van der Waals surface area (Å²) in [5, 5.41) is 8.58. The van der Waals surface area contributed by atoms with Crippen LogP contribution in [0.1, 0.15) is 78.6 Å². The van der Waals surface area contributed by atoms with Gasteiger partial charge in [0.15, 0.2) is 0 Å². The summed E-state index contributed by atoms with van der Waals surface area (Å²) in [5.74, 6) is 0. The molecule has 0 rings (SSSR count). The largest absolute Gasteiger partial charge is 0.394 e. The lowest BCUT2D eigenvalue weighted by Crippen LogP contribution is -2.24. The predicted molar refractivity (Wildman–Crippen MR) is 161 cm³/mol. The maximum Gasteiger partial charge on any atom is 0.0781 e. The number of hydrogen-bond donors (Lipinski definition) is 1. The molecule has 1 N–H and O–H groups in total. The quantitative estimate of drug-likeness (QED) is 0.104. The van der Waals surface area contributed by atoms with Crippen molar-refractivity contribution in [2.45, 2.75) is 90.8 Å². The Morgan fingerprint density at radius 1 is 0.390 bits per heavy atom. The van der Waals surface area contributed by atoms with E-state index in [9.17, 15) is 0 Å². The minimum absolute atomic E-state index is 0.0141. The third kappa shape index (κ3) is 35.7. The fourth-order valence-corrected chi connectivity index (χ4v) is 3.73. The minimum Gasteiger partial charge on any atom is -0.394 e. The molecule has 0 spiro atoms. The zero-order chi connectivity index (χ0) is 29.9. The van der Waals surface area contributed by atoms with Gasteiger partial charge in [-0.2, -0.15) is 0 Å². The van der Waals surface area contributed by atoms with Gasteiger partial charge in [0, 0.05) is 6.61 Å². The van der Waals surface area contributed by atoms with E-state index in [1.165, 1.54) is 51.4 Å². The maximum absolute atomic E-state index is 8.58. The number of aliphatic hydroxyl groups excluding tert-OH is 1. The topological polar surface area (TPSA) is 103 Å². The minimum atomic E-state index is 0.0141. The number of rotatable bonds is 36. The van der Waals surface area contributed by atoms with Crippen LogP contribution < -0.4 is 0 Å². The van der Waals surface area contributed by atoms with E-state index in [-0.39, 0.29) is 18.8 Å². The van der Waals surface area contributed by atoms with Gasteiger partial charge in [-0.3, -0.25) is 0 Å². The highest BCUT2D eigenvalue weighted by molar-refractivity contribution is 4.53. The summed E-state index contributed by atoms with van der Waals surface area (Å²) < 4.78 is 49.7. The molecule has 0 saturated heterocycles. The van der Waals surface area contributed by atoms with Gasteiger partial charge < -0.3 is 47.7 Å². The lowest BCUT2D eigenvalue weighted by molar-refractivity contribution is -0.0689. The summed E-state index contributed by atoms with van der Waals surface area (Å²) in [7, 11) is 0. The van der Waals surface area contributed by atoms with Gasteiger partial charge in [0.25, 0.3) is 0 Å². The molecule has 0 aromatic rings. The molecule has 41 heavy (non-hydrogen) atoms. The number of ether oxygens (including phenoxy) is 9. The Labute approximate surface area is 251 Å². The van der Waals surface area contributed by atoms with Gasteiger partial charge in [0.1, 0.15) is 0 Å². The Balaban J connectivity index is 3.24. The number of hydrogen-bond acceptors (Lipinski definition) is 10. The highest BCUT2D eigenvalue weighted by Crippen LogP contribution is 2.09. The smallest absolute Gasteiger partial charge is 0.0781 e. The highest BCUT2D eigenvalue weighted by Gasteiger charge is 2.07. The molecule has 10 nitrogen and oxygen atoms in total. The van der Waals surface area contributed by atoms with Crippen molar-refractivity contribution in [1.29, 1.82) is 0 Å². The van der Waals surface area contributed by atoms with Gasteiger partial charge in [0.05, 0.1) is 118 Å². The zero-order valence-electron chi connectivity index (χ0n) is 26.7. The van der Waals surface area contributed by atoms with E-state index in [0.717, 1.165) is 13.0 Å². The van der Waals surface area contributed by atoms with Crippen LogP contribution in [0.5, 0.6) is 0 Å². The Morgan fingerprint density at radius 2 is 0.780 bits per heavy atom.